The van der Waals surface area contributed by atoms with Crippen LogP contribution in [0.5, 0.6) is 5.75 Å². The molecule has 1 spiro atoms. The van der Waals surface area contributed by atoms with Crippen LogP contribution < -0.4 is 9.64 Å². The maximum absolute atomic E-state index is 13.0. The van der Waals surface area contributed by atoms with Crippen LogP contribution in [0.2, 0.25) is 0 Å². The number of aromatic amines is 1. The maximum atomic E-state index is 13.0. The Morgan fingerprint density at radius 1 is 0.971 bits per heavy atom. The number of nitrogens with zero attached hydrogens (tertiary/aromatic N) is 3. The number of hydrogen-bond acceptors (Lipinski definition) is 4. The van der Waals surface area contributed by atoms with Crippen LogP contribution in [0.25, 0.3) is 22.4 Å². The normalized spacial score (nSPS) is 17.6. The van der Waals surface area contributed by atoms with E-state index in [-0.39, 0.29) is 11.1 Å². The van der Waals surface area contributed by atoms with E-state index in [1.165, 1.54) is 11.6 Å². The lowest BCUT2D eigenvalue weighted by atomic mass is 9.83. The van der Waals surface area contributed by atoms with Gasteiger partial charge in [-0.1, -0.05) is 18.2 Å². The van der Waals surface area contributed by atoms with Crippen molar-refractivity contribution in [2.24, 2.45) is 0 Å². The fraction of sp³-hybridized carbons (Fsp3) is 0.308. The molecule has 4 aromatic rings. The van der Waals surface area contributed by atoms with Gasteiger partial charge in [-0.2, -0.15) is 13.2 Å². The fourth-order valence-corrected chi connectivity index (χ4v) is 4.98. The summed E-state index contributed by atoms with van der Waals surface area (Å²) >= 11 is 0. The summed E-state index contributed by atoms with van der Waals surface area (Å²) < 4.78 is 45.4. The predicted octanol–water partition coefficient (Wildman–Crippen LogP) is 6.01. The molecule has 2 aliphatic heterocycles. The minimum atomic E-state index is -4.39. The van der Waals surface area contributed by atoms with Crippen molar-refractivity contribution >= 4 is 16.9 Å². The summed E-state index contributed by atoms with van der Waals surface area (Å²) in [7, 11) is 0. The standard InChI is InChI=1S/C26H23F3N4O/c27-26(28,29)19-6-7-20-21(15-19)32-24(31-20)18-5-8-23(30-16-18)33-13-11-25(12-14-33)10-9-17-3-1-2-4-22(17)34-25/h1-8,15-16H,9-14H2,(H,31,32). The molecule has 0 unspecified atom stereocenters. The van der Waals surface area contributed by atoms with Gasteiger partial charge in [-0.15, -0.1) is 0 Å². The van der Waals surface area contributed by atoms with Gasteiger partial charge in [0.05, 0.1) is 16.6 Å². The largest absolute Gasteiger partial charge is 0.487 e. The van der Waals surface area contributed by atoms with Crippen molar-refractivity contribution in [3.8, 4) is 17.1 Å². The summed E-state index contributed by atoms with van der Waals surface area (Å²) in [6, 6.07) is 15.7. The summed E-state index contributed by atoms with van der Waals surface area (Å²) in [4.78, 5) is 14.3. The number of nitrogens with one attached hydrogen (secondary N) is 1. The summed E-state index contributed by atoms with van der Waals surface area (Å²) in [5.41, 5.74) is 2.04. The van der Waals surface area contributed by atoms with Gasteiger partial charge >= 0.3 is 6.18 Å². The van der Waals surface area contributed by atoms with Gasteiger partial charge in [-0.05, 0) is 54.8 Å². The second-order valence-electron chi connectivity index (χ2n) is 9.10. The van der Waals surface area contributed by atoms with Crippen LogP contribution in [0.4, 0.5) is 19.0 Å². The van der Waals surface area contributed by atoms with E-state index in [4.69, 9.17) is 4.74 Å². The van der Waals surface area contributed by atoms with Gasteiger partial charge in [0.2, 0.25) is 0 Å². The molecule has 6 rings (SSSR count). The minimum Gasteiger partial charge on any atom is -0.487 e. The Morgan fingerprint density at radius 3 is 2.56 bits per heavy atom. The summed E-state index contributed by atoms with van der Waals surface area (Å²) in [6.45, 7) is 1.72. The van der Waals surface area contributed by atoms with Gasteiger partial charge in [-0.25, -0.2) is 9.97 Å². The zero-order valence-electron chi connectivity index (χ0n) is 18.4. The number of piperidine rings is 1. The molecular weight excluding hydrogens is 441 g/mol. The van der Waals surface area contributed by atoms with Gasteiger partial charge in [0, 0.05) is 37.7 Å². The quantitative estimate of drug-likeness (QED) is 0.395. The molecule has 5 nitrogen and oxygen atoms in total. The number of fused-ring (bicyclic) bond motifs is 2. The number of rotatable bonds is 2. The molecule has 1 N–H and O–H groups in total. The molecule has 0 amide bonds. The zero-order chi connectivity index (χ0) is 23.3. The van der Waals surface area contributed by atoms with E-state index in [0.29, 0.717) is 11.3 Å². The molecule has 174 valence electrons. The lowest BCUT2D eigenvalue weighted by Crippen LogP contribution is -2.50. The Labute approximate surface area is 194 Å². The molecular formula is C26H23F3N4O. The number of anilines is 1. The van der Waals surface area contributed by atoms with E-state index in [9.17, 15) is 13.2 Å². The number of aryl methyl sites for hydroxylation is 1. The lowest BCUT2D eigenvalue weighted by molar-refractivity contribution is -0.137. The summed E-state index contributed by atoms with van der Waals surface area (Å²) in [5, 5.41) is 0. The Bertz CT molecular complexity index is 1340. The van der Waals surface area contributed by atoms with Crippen molar-refractivity contribution in [3.05, 3.63) is 71.9 Å². The van der Waals surface area contributed by atoms with Crippen molar-refractivity contribution in [2.45, 2.75) is 37.5 Å². The predicted molar refractivity (Wildman–Crippen MR) is 124 cm³/mol. The number of halogens is 3. The molecule has 0 radical (unpaired) electrons. The summed E-state index contributed by atoms with van der Waals surface area (Å²) in [5.74, 6) is 2.39. The van der Waals surface area contributed by atoms with Crippen molar-refractivity contribution < 1.29 is 17.9 Å². The monoisotopic (exact) mass is 464 g/mol. The van der Waals surface area contributed by atoms with Crippen LogP contribution in [0.3, 0.4) is 0 Å². The van der Waals surface area contributed by atoms with Crippen molar-refractivity contribution in [3.63, 3.8) is 0 Å². The van der Waals surface area contributed by atoms with Gasteiger partial charge in [0.1, 0.15) is 23.0 Å². The minimum absolute atomic E-state index is 0.103. The number of imidazole rings is 1. The average molecular weight is 464 g/mol. The van der Waals surface area contributed by atoms with Crippen molar-refractivity contribution in [2.75, 3.05) is 18.0 Å². The molecule has 4 heterocycles. The van der Waals surface area contributed by atoms with Gasteiger partial charge in [0.15, 0.2) is 0 Å². The molecule has 0 aliphatic carbocycles. The van der Waals surface area contributed by atoms with E-state index >= 15 is 0 Å². The van der Waals surface area contributed by atoms with Crippen molar-refractivity contribution in [1.82, 2.24) is 15.0 Å². The number of ether oxygens (including phenoxy) is 1. The highest BCUT2D eigenvalue weighted by atomic mass is 19.4. The van der Waals surface area contributed by atoms with E-state index in [1.54, 1.807) is 6.20 Å². The van der Waals surface area contributed by atoms with Crippen LogP contribution in [0.1, 0.15) is 30.4 Å². The summed E-state index contributed by atoms with van der Waals surface area (Å²) in [6.07, 6.45) is 1.29. The molecule has 0 saturated carbocycles. The first-order valence-electron chi connectivity index (χ1n) is 11.4. The first-order valence-corrected chi connectivity index (χ1v) is 11.4. The van der Waals surface area contributed by atoms with Gasteiger partial charge < -0.3 is 14.6 Å². The van der Waals surface area contributed by atoms with Crippen molar-refractivity contribution in [1.29, 1.82) is 0 Å². The molecule has 0 atom stereocenters. The smallest absolute Gasteiger partial charge is 0.416 e. The maximum Gasteiger partial charge on any atom is 0.416 e. The number of alkyl halides is 3. The molecule has 2 aliphatic rings. The lowest BCUT2D eigenvalue weighted by Gasteiger charge is -2.45. The topological polar surface area (TPSA) is 54.0 Å². The highest BCUT2D eigenvalue weighted by molar-refractivity contribution is 5.80. The Balaban J connectivity index is 1.16. The highest BCUT2D eigenvalue weighted by Gasteiger charge is 2.39. The molecule has 1 fully saturated rings. The van der Waals surface area contributed by atoms with E-state index < -0.39 is 11.7 Å². The number of pyridine rings is 1. The molecule has 0 bridgehead atoms. The second kappa shape index (κ2) is 7.75. The SMILES string of the molecule is FC(F)(F)c1ccc2[nH]c(-c3ccc(N4CCC5(CCc6ccccc6O5)CC4)nc3)nc2c1. The van der Waals surface area contributed by atoms with Gasteiger partial charge in [-0.3, -0.25) is 0 Å². The van der Waals surface area contributed by atoms with Crippen LogP contribution in [0, 0.1) is 0 Å². The molecule has 2 aromatic heterocycles. The van der Waals surface area contributed by atoms with Crippen LogP contribution in [-0.2, 0) is 12.6 Å². The third kappa shape index (κ3) is 3.77. The molecule has 2 aromatic carbocycles. The third-order valence-corrected chi connectivity index (χ3v) is 6.98. The number of benzene rings is 2. The Morgan fingerprint density at radius 2 is 1.79 bits per heavy atom. The Kier molecular flexibility index (Phi) is 4.79. The Hall–Kier alpha value is -3.55. The van der Waals surface area contributed by atoms with Crippen LogP contribution >= 0.6 is 0 Å². The van der Waals surface area contributed by atoms with E-state index in [0.717, 1.165) is 68.0 Å². The van der Waals surface area contributed by atoms with E-state index in [1.807, 2.05) is 18.2 Å². The second-order valence-corrected chi connectivity index (χ2v) is 9.10. The number of para-hydroxylation sites is 1. The molecule has 34 heavy (non-hydrogen) atoms. The first-order chi connectivity index (χ1) is 16.4. The molecule has 8 heteroatoms. The fourth-order valence-electron chi connectivity index (χ4n) is 4.98. The highest BCUT2D eigenvalue weighted by Crippen LogP contribution is 2.40. The third-order valence-electron chi connectivity index (χ3n) is 6.98. The van der Waals surface area contributed by atoms with Crippen LogP contribution in [-0.4, -0.2) is 33.6 Å². The molecule has 1 saturated heterocycles. The average Bonchev–Trinajstić information content (AvgIpc) is 3.28. The number of hydrogen-bond donors (Lipinski definition) is 1. The van der Waals surface area contributed by atoms with Crippen LogP contribution in [0.15, 0.2) is 60.8 Å². The van der Waals surface area contributed by atoms with E-state index in [2.05, 4.69) is 38.1 Å². The number of H-pyrrole nitrogens is 1. The number of aromatic nitrogens is 3. The van der Waals surface area contributed by atoms with Gasteiger partial charge in [0.25, 0.3) is 0 Å². The zero-order valence-corrected chi connectivity index (χ0v) is 18.4. The first kappa shape index (κ1) is 21.0.